The molecule has 0 unspecified atom stereocenters. The molecule has 0 aromatic heterocycles. The van der Waals surface area contributed by atoms with Crippen molar-refractivity contribution in [2.24, 2.45) is 0 Å². The van der Waals surface area contributed by atoms with Crippen LogP contribution < -0.4 is 0 Å². The molecule has 0 aromatic rings. The molecule has 0 spiro atoms. The molecule has 43 valence electrons. The van der Waals surface area contributed by atoms with E-state index >= 15 is 0 Å². The van der Waals surface area contributed by atoms with Crippen LogP contribution in [-0.2, 0) is 5.11 Å². The second kappa shape index (κ2) is 2.48. The minimum absolute atomic E-state index is 0.184. The fourth-order valence-corrected chi connectivity index (χ4v) is 0.306. The summed E-state index contributed by atoms with van der Waals surface area (Å²) in [5, 5.41) is 10.2. The summed E-state index contributed by atoms with van der Waals surface area (Å²) >= 11 is 0. The second-order valence-corrected chi connectivity index (χ2v) is 7.99. The highest BCUT2D eigenvalue weighted by Gasteiger charge is 2.16. The Hall–Kier alpha value is 0.177. The first-order valence-corrected chi connectivity index (χ1v) is 6.12. The molecule has 0 saturated carbocycles. The van der Waals surface area contributed by atoms with Crippen LogP contribution >= 0.6 is 0 Å². The van der Waals surface area contributed by atoms with Crippen molar-refractivity contribution < 1.29 is 5.11 Å². The van der Waals surface area contributed by atoms with E-state index in [1.807, 2.05) is 0 Å². The van der Waals surface area contributed by atoms with Gasteiger partial charge in [0.2, 0.25) is 0 Å². The Kier molecular flexibility index (Phi) is 2.54. The molecule has 0 atom stereocenters. The molecule has 0 heterocycles. The van der Waals surface area contributed by atoms with Gasteiger partial charge in [-0.1, -0.05) is 26.1 Å². The van der Waals surface area contributed by atoms with Gasteiger partial charge in [0, 0.05) is 0 Å². The molecule has 0 aliphatic heterocycles. The average Bonchev–Trinajstić information content (AvgIpc) is 1.68. The largest absolute Gasteiger partial charge is 0.241 e. The summed E-state index contributed by atoms with van der Waals surface area (Å²) in [5.74, 6) is 0. The molecule has 1 radical (unpaired) electrons. The third-order valence-corrected chi connectivity index (χ3v) is 4.04. The first kappa shape index (κ1) is 7.18. The van der Waals surface area contributed by atoms with Crippen molar-refractivity contribution in [1.82, 2.24) is 0 Å². The first-order valence-electron chi connectivity index (χ1n) is 2.70. The van der Waals surface area contributed by atoms with Gasteiger partial charge in [0.1, 0.15) is 0 Å². The van der Waals surface area contributed by atoms with Gasteiger partial charge in [0.25, 0.3) is 0 Å². The van der Waals surface area contributed by atoms with Crippen molar-refractivity contribution in [3.8, 4) is 0 Å². The van der Waals surface area contributed by atoms with Gasteiger partial charge in [0.15, 0.2) is 0 Å². The number of hydrogen-bond donors (Lipinski definition) is 0. The van der Waals surface area contributed by atoms with Crippen LogP contribution in [0.1, 0.15) is 6.92 Å². The van der Waals surface area contributed by atoms with Gasteiger partial charge in [-0.25, -0.2) is 5.11 Å². The lowest BCUT2D eigenvalue weighted by molar-refractivity contribution is 0.246. The molecule has 0 aliphatic rings. The molecular formula is C5H13OSi. The van der Waals surface area contributed by atoms with Crippen LogP contribution in [0.4, 0.5) is 0 Å². The van der Waals surface area contributed by atoms with E-state index in [9.17, 15) is 5.11 Å². The molecular weight excluding hydrogens is 104 g/mol. The molecule has 0 rings (SSSR count). The van der Waals surface area contributed by atoms with Crippen molar-refractivity contribution in [3.05, 3.63) is 0 Å². The molecule has 0 amide bonds. The van der Waals surface area contributed by atoms with E-state index in [1.165, 1.54) is 0 Å². The van der Waals surface area contributed by atoms with Gasteiger partial charge in [-0.2, -0.15) is 0 Å². The zero-order valence-corrected chi connectivity index (χ0v) is 6.32. The Morgan fingerprint density at radius 3 is 1.86 bits per heavy atom. The molecule has 0 aliphatic carbocycles. The Morgan fingerprint density at radius 2 is 1.86 bits per heavy atom. The molecule has 7 heavy (non-hydrogen) atoms. The highest BCUT2D eigenvalue weighted by atomic mass is 28.3. The zero-order valence-electron chi connectivity index (χ0n) is 5.32. The Bertz CT molecular complexity index is 46.0. The molecule has 0 aromatic carbocycles. The highest BCUT2D eigenvalue weighted by molar-refractivity contribution is 6.77. The number of rotatable bonds is 2. The van der Waals surface area contributed by atoms with Crippen LogP contribution in [0, 0.1) is 0 Å². The van der Waals surface area contributed by atoms with Crippen LogP contribution in [0.2, 0.25) is 19.1 Å². The normalized spacial score (nSPS) is 12.0. The van der Waals surface area contributed by atoms with Gasteiger partial charge in [-0.15, -0.1) is 0 Å². The summed E-state index contributed by atoms with van der Waals surface area (Å²) in [7, 11) is -1.21. The van der Waals surface area contributed by atoms with E-state index in [1.54, 1.807) is 0 Å². The second-order valence-electron chi connectivity index (χ2n) is 2.66. The topological polar surface area (TPSA) is 19.9 Å². The lowest BCUT2D eigenvalue weighted by Crippen LogP contribution is -2.28. The van der Waals surface area contributed by atoms with Crippen LogP contribution in [0.25, 0.3) is 0 Å². The summed E-state index contributed by atoms with van der Waals surface area (Å²) in [6.45, 7) is 6.35. The van der Waals surface area contributed by atoms with Crippen molar-refractivity contribution >= 4 is 8.07 Å². The van der Waals surface area contributed by atoms with E-state index in [0.29, 0.717) is 0 Å². The fourth-order valence-electron chi connectivity index (χ4n) is 0.102. The van der Waals surface area contributed by atoms with Gasteiger partial charge in [-0.05, 0) is 0 Å². The smallest absolute Gasteiger partial charge is 0.0816 e. The molecule has 0 bridgehead atoms. The third-order valence-electron chi connectivity index (χ3n) is 1.35. The number of hydrogen-bond acceptors (Lipinski definition) is 0. The van der Waals surface area contributed by atoms with Gasteiger partial charge in [0.05, 0.1) is 14.3 Å². The summed E-state index contributed by atoms with van der Waals surface area (Å²) in [4.78, 5) is 0. The van der Waals surface area contributed by atoms with Gasteiger partial charge < -0.3 is 0 Å². The maximum Gasteiger partial charge on any atom is 0.0816 e. The Morgan fingerprint density at radius 1 is 1.43 bits per heavy atom. The molecule has 0 fully saturated rings. The molecule has 1 nitrogen and oxygen atoms in total. The van der Waals surface area contributed by atoms with E-state index in [2.05, 4.69) is 20.0 Å². The van der Waals surface area contributed by atoms with Crippen molar-refractivity contribution in [1.29, 1.82) is 0 Å². The molecule has 0 saturated heterocycles. The zero-order chi connectivity index (χ0) is 5.91. The van der Waals surface area contributed by atoms with E-state index in [0.717, 1.165) is 6.04 Å². The summed E-state index contributed by atoms with van der Waals surface area (Å²) in [5.41, 5.74) is 0. The summed E-state index contributed by atoms with van der Waals surface area (Å²) < 4.78 is 0. The lowest BCUT2D eigenvalue weighted by Gasteiger charge is -2.12. The standard InChI is InChI=1S/C5H13OSi/c1-4-7(2,3)5-6/h4-5H2,1-3H3. The van der Waals surface area contributed by atoms with E-state index < -0.39 is 8.07 Å². The Labute approximate surface area is 46.4 Å². The van der Waals surface area contributed by atoms with Crippen molar-refractivity contribution in [2.45, 2.75) is 26.1 Å². The maximum absolute atomic E-state index is 10.2. The third kappa shape index (κ3) is 2.82. The van der Waals surface area contributed by atoms with Gasteiger partial charge in [-0.3, -0.25) is 0 Å². The fraction of sp³-hybridized carbons (Fsp3) is 1.00. The van der Waals surface area contributed by atoms with Crippen molar-refractivity contribution in [3.63, 3.8) is 0 Å². The van der Waals surface area contributed by atoms with Crippen LogP contribution in [0.3, 0.4) is 0 Å². The van der Waals surface area contributed by atoms with Gasteiger partial charge >= 0.3 is 0 Å². The predicted molar refractivity (Wildman–Crippen MR) is 33.5 cm³/mol. The SMILES string of the molecule is CC[Si](C)(C)C[O]. The summed E-state index contributed by atoms with van der Waals surface area (Å²) in [6, 6.07) is 1.12. The molecule has 2 heteroatoms. The minimum Gasteiger partial charge on any atom is -0.241 e. The maximum atomic E-state index is 10.2. The lowest BCUT2D eigenvalue weighted by atomic mass is 11.0. The predicted octanol–water partition coefficient (Wildman–Crippen LogP) is 1.68. The first-order chi connectivity index (χ1) is 3.12. The van der Waals surface area contributed by atoms with E-state index in [4.69, 9.17) is 0 Å². The average molecular weight is 117 g/mol. The van der Waals surface area contributed by atoms with Crippen LogP contribution in [0.5, 0.6) is 0 Å². The van der Waals surface area contributed by atoms with Crippen LogP contribution in [0.15, 0.2) is 0 Å². The van der Waals surface area contributed by atoms with Crippen molar-refractivity contribution in [2.75, 3.05) is 6.23 Å². The van der Waals surface area contributed by atoms with Crippen LogP contribution in [-0.4, -0.2) is 14.3 Å². The van der Waals surface area contributed by atoms with E-state index in [-0.39, 0.29) is 6.23 Å². The quantitative estimate of drug-likeness (QED) is 0.490. The monoisotopic (exact) mass is 117 g/mol. The highest BCUT2D eigenvalue weighted by Crippen LogP contribution is 2.05. The minimum atomic E-state index is -1.21. The molecule has 0 N–H and O–H groups in total. The Balaban J connectivity index is 3.36. The summed E-state index contributed by atoms with van der Waals surface area (Å²) in [6.07, 6.45) is 0.184.